The summed E-state index contributed by atoms with van der Waals surface area (Å²) in [6.07, 6.45) is 0. The van der Waals surface area contributed by atoms with Crippen molar-refractivity contribution >= 4 is 37.7 Å². The first-order chi connectivity index (χ1) is 12.8. The van der Waals surface area contributed by atoms with E-state index < -0.39 is 0 Å². The monoisotopic (exact) mass is 397 g/mol. The first kappa shape index (κ1) is 15.4. The molecule has 0 atom stereocenters. The van der Waals surface area contributed by atoms with Crippen molar-refractivity contribution in [2.24, 2.45) is 0 Å². The van der Waals surface area contributed by atoms with Crippen LogP contribution < -0.4 is 0 Å². The van der Waals surface area contributed by atoms with Crippen molar-refractivity contribution in [1.82, 2.24) is 4.57 Å². The molecule has 0 saturated heterocycles. The lowest BCUT2D eigenvalue weighted by molar-refractivity contribution is 1.18. The highest BCUT2D eigenvalue weighted by Crippen LogP contribution is 2.36. The summed E-state index contributed by atoms with van der Waals surface area (Å²) in [7, 11) is 0. The highest BCUT2D eigenvalue weighted by atomic mass is 79.9. The summed E-state index contributed by atoms with van der Waals surface area (Å²) in [6.45, 7) is 0. The Labute approximate surface area is 160 Å². The van der Waals surface area contributed by atoms with Crippen molar-refractivity contribution < 1.29 is 0 Å². The first-order valence-electron chi connectivity index (χ1n) is 8.66. The number of para-hydroxylation sites is 1. The van der Waals surface area contributed by atoms with Gasteiger partial charge in [-0.2, -0.15) is 0 Å². The zero-order chi connectivity index (χ0) is 17.5. The van der Waals surface area contributed by atoms with Crippen molar-refractivity contribution in [2.75, 3.05) is 0 Å². The highest BCUT2D eigenvalue weighted by molar-refractivity contribution is 9.10. The molecule has 124 valence electrons. The Kier molecular flexibility index (Phi) is 3.65. The minimum absolute atomic E-state index is 1.10. The van der Waals surface area contributed by atoms with Crippen molar-refractivity contribution in [3.05, 3.63) is 102 Å². The van der Waals surface area contributed by atoms with Crippen LogP contribution in [0.25, 0.3) is 38.6 Å². The van der Waals surface area contributed by atoms with Gasteiger partial charge in [0.1, 0.15) is 0 Å². The third-order valence-corrected chi connectivity index (χ3v) is 5.34. The molecular weight excluding hydrogens is 382 g/mol. The number of hydrogen-bond acceptors (Lipinski definition) is 0. The van der Waals surface area contributed by atoms with Gasteiger partial charge in [-0.1, -0.05) is 70.5 Å². The van der Waals surface area contributed by atoms with Gasteiger partial charge in [-0.05, 0) is 53.6 Å². The molecule has 0 N–H and O–H groups in total. The molecule has 0 radical (unpaired) electrons. The van der Waals surface area contributed by atoms with Crippen molar-refractivity contribution in [3.8, 4) is 16.8 Å². The molecule has 2 heteroatoms. The van der Waals surface area contributed by atoms with E-state index in [0.717, 1.165) is 4.47 Å². The summed E-state index contributed by atoms with van der Waals surface area (Å²) in [4.78, 5) is 0. The Morgan fingerprint density at radius 2 is 1.15 bits per heavy atom. The maximum atomic E-state index is 3.64. The smallest absolute Gasteiger partial charge is 0.0541 e. The van der Waals surface area contributed by atoms with E-state index in [9.17, 15) is 0 Å². The highest BCUT2D eigenvalue weighted by Gasteiger charge is 2.13. The fraction of sp³-hybridized carbons (Fsp3) is 0. The third kappa shape index (κ3) is 2.46. The predicted octanol–water partition coefficient (Wildman–Crippen LogP) is 7.21. The van der Waals surface area contributed by atoms with Crippen LogP contribution in [0.5, 0.6) is 0 Å². The van der Waals surface area contributed by atoms with E-state index in [1.54, 1.807) is 0 Å². The quantitative estimate of drug-likeness (QED) is 0.296. The van der Waals surface area contributed by atoms with Crippen molar-refractivity contribution in [1.29, 1.82) is 0 Å². The predicted molar refractivity (Wildman–Crippen MR) is 114 cm³/mol. The summed E-state index contributed by atoms with van der Waals surface area (Å²) in [5.41, 5.74) is 6.11. The lowest BCUT2D eigenvalue weighted by Gasteiger charge is -2.08. The van der Waals surface area contributed by atoms with E-state index in [4.69, 9.17) is 0 Å². The van der Waals surface area contributed by atoms with Crippen LogP contribution in [0, 0.1) is 0 Å². The van der Waals surface area contributed by atoms with Gasteiger partial charge < -0.3 is 4.57 Å². The minimum atomic E-state index is 1.10. The van der Waals surface area contributed by atoms with E-state index in [-0.39, 0.29) is 0 Å². The molecule has 0 fully saturated rings. The van der Waals surface area contributed by atoms with Crippen molar-refractivity contribution in [3.63, 3.8) is 0 Å². The average molecular weight is 398 g/mol. The fourth-order valence-corrected chi connectivity index (χ4v) is 4.02. The van der Waals surface area contributed by atoms with E-state index in [0.29, 0.717) is 0 Å². The van der Waals surface area contributed by atoms with E-state index >= 15 is 0 Å². The van der Waals surface area contributed by atoms with Crippen LogP contribution >= 0.6 is 15.9 Å². The SMILES string of the molecule is Brc1ccc2c(c1)c1cc(-c3ccccc3)ccc1n2-c1ccccc1. The molecule has 0 aliphatic carbocycles. The minimum Gasteiger partial charge on any atom is -0.309 e. The molecule has 5 aromatic rings. The first-order valence-corrected chi connectivity index (χ1v) is 9.45. The van der Waals surface area contributed by atoms with Gasteiger partial charge in [0.05, 0.1) is 11.0 Å². The number of halogens is 1. The van der Waals surface area contributed by atoms with Crippen LogP contribution in [0.3, 0.4) is 0 Å². The van der Waals surface area contributed by atoms with Gasteiger partial charge in [-0.15, -0.1) is 0 Å². The molecule has 0 aliphatic rings. The Bertz CT molecular complexity index is 1220. The maximum absolute atomic E-state index is 3.64. The summed E-state index contributed by atoms with van der Waals surface area (Å²) in [5, 5.41) is 2.53. The Balaban J connectivity index is 1.87. The largest absolute Gasteiger partial charge is 0.309 e. The van der Waals surface area contributed by atoms with Gasteiger partial charge >= 0.3 is 0 Å². The van der Waals surface area contributed by atoms with Gasteiger partial charge in [0.2, 0.25) is 0 Å². The van der Waals surface area contributed by atoms with Crippen LogP contribution in [0.15, 0.2) is 102 Å². The van der Waals surface area contributed by atoms with Gasteiger partial charge in [0, 0.05) is 20.9 Å². The van der Waals surface area contributed by atoms with Crippen LogP contribution in [0.1, 0.15) is 0 Å². The van der Waals surface area contributed by atoms with Crippen LogP contribution in [0.2, 0.25) is 0 Å². The number of fused-ring (bicyclic) bond motifs is 3. The second kappa shape index (κ2) is 6.15. The number of nitrogens with zero attached hydrogens (tertiary/aromatic N) is 1. The molecule has 0 saturated carbocycles. The van der Waals surface area contributed by atoms with Gasteiger partial charge in [0.25, 0.3) is 0 Å². The average Bonchev–Trinajstić information content (AvgIpc) is 3.02. The van der Waals surface area contributed by atoms with Gasteiger partial charge in [-0.25, -0.2) is 0 Å². The van der Waals surface area contributed by atoms with E-state index in [2.05, 4.69) is 118 Å². The van der Waals surface area contributed by atoms with Gasteiger partial charge in [-0.3, -0.25) is 0 Å². The van der Waals surface area contributed by atoms with Gasteiger partial charge in [0.15, 0.2) is 0 Å². The summed E-state index contributed by atoms with van der Waals surface area (Å²) >= 11 is 3.64. The molecule has 1 heterocycles. The topological polar surface area (TPSA) is 4.93 Å². The molecule has 1 aromatic heterocycles. The molecule has 0 bridgehead atoms. The van der Waals surface area contributed by atoms with Crippen molar-refractivity contribution in [2.45, 2.75) is 0 Å². The maximum Gasteiger partial charge on any atom is 0.0541 e. The number of rotatable bonds is 2. The summed E-state index contributed by atoms with van der Waals surface area (Å²) in [5.74, 6) is 0. The Morgan fingerprint density at radius 3 is 1.88 bits per heavy atom. The molecule has 26 heavy (non-hydrogen) atoms. The zero-order valence-corrected chi connectivity index (χ0v) is 15.6. The molecular formula is C24H16BrN. The number of hydrogen-bond donors (Lipinski definition) is 0. The van der Waals surface area contributed by atoms with E-state index in [1.165, 1.54) is 38.6 Å². The second-order valence-electron chi connectivity index (χ2n) is 6.43. The molecule has 0 spiro atoms. The zero-order valence-electron chi connectivity index (χ0n) is 14.1. The molecule has 1 nitrogen and oxygen atoms in total. The normalized spacial score (nSPS) is 11.3. The molecule has 0 unspecified atom stereocenters. The Hall–Kier alpha value is -2.84. The lowest BCUT2D eigenvalue weighted by atomic mass is 10.0. The van der Waals surface area contributed by atoms with Crippen LogP contribution in [0.4, 0.5) is 0 Å². The standard InChI is InChI=1S/C24H16BrN/c25-19-12-14-24-22(16-19)21-15-18(17-7-3-1-4-8-17)11-13-23(21)26(24)20-9-5-2-6-10-20/h1-16H. The Morgan fingerprint density at radius 1 is 0.538 bits per heavy atom. The van der Waals surface area contributed by atoms with E-state index in [1.807, 2.05) is 0 Å². The lowest BCUT2D eigenvalue weighted by Crippen LogP contribution is -1.92. The summed E-state index contributed by atoms with van der Waals surface area (Å²) in [6, 6.07) is 34.4. The fourth-order valence-electron chi connectivity index (χ4n) is 3.66. The second-order valence-corrected chi connectivity index (χ2v) is 7.35. The number of benzene rings is 4. The molecule has 0 aliphatic heterocycles. The van der Waals surface area contributed by atoms with Crippen LogP contribution in [-0.2, 0) is 0 Å². The molecule has 4 aromatic carbocycles. The third-order valence-electron chi connectivity index (χ3n) is 4.85. The van der Waals surface area contributed by atoms with Crippen LogP contribution in [-0.4, -0.2) is 4.57 Å². The molecule has 5 rings (SSSR count). The summed E-state index contributed by atoms with van der Waals surface area (Å²) < 4.78 is 3.44. The molecule has 0 amide bonds. The number of aromatic nitrogens is 1.